The lowest BCUT2D eigenvalue weighted by Crippen LogP contribution is -2.45. The molecule has 1 aromatic rings. The SMILES string of the molecule is NCCN(N)C(Cl)CNCc1ccccc1. The van der Waals surface area contributed by atoms with Gasteiger partial charge in [0.2, 0.25) is 0 Å². The van der Waals surface area contributed by atoms with Gasteiger partial charge in [-0.05, 0) is 5.56 Å². The second-order valence-electron chi connectivity index (χ2n) is 3.58. The standard InChI is InChI=1S/C11H19ClN4/c12-11(16(14)7-6-13)9-15-8-10-4-2-1-3-5-10/h1-5,11,15H,6-9,13-14H2. The van der Waals surface area contributed by atoms with Crippen LogP contribution in [0, 0.1) is 0 Å². The van der Waals surface area contributed by atoms with E-state index in [-0.39, 0.29) is 5.50 Å². The van der Waals surface area contributed by atoms with Crippen molar-refractivity contribution >= 4 is 11.6 Å². The first-order valence-electron chi connectivity index (χ1n) is 5.34. The van der Waals surface area contributed by atoms with Crippen LogP contribution in [-0.2, 0) is 6.54 Å². The molecule has 0 aliphatic carbocycles. The maximum Gasteiger partial charge on any atom is 0.110 e. The number of hydrazine groups is 1. The first kappa shape index (κ1) is 13.4. The van der Waals surface area contributed by atoms with Crippen molar-refractivity contribution in [3.63, 3.8) is 0 Å². The first-order chi connectivity index (χ1) is 7.74. The predicted octanol–water partition coefficient (Wildman–Crippen LogP) is 0.476. The van der Waals surface area contributed by atoms with Crippen molar-refractivity contribution in [3.8, 4) is 0 Å². The Morgan fingerprint density at radius 2 is 2.00 bits per heavy atom. The molecule has 0 aliphatic rings. The van der Waals surface area contributed by atoms with E-state index in [4.69, 9.17) is 23.2 Å². The van der Waals surface area contributed by atoms with Gasteiger partial charge in [0.15, 0.2) is 0 Å². The largest absolute Gasteiger partial charge is 0.329 e. The van der Waals surface area contributed by atoms with Crippen LogP contribution >= 0.6 is 11.6 Å². The molecule has 0 spiro atoms. The zero-order valence-corrected chi connectivity index (χ0v) is 10.0. The van der Waals surface area contributed by atoms with Gasteiger partial charge in [-0.3, -0.25) is 5.84 Å². The zero-order valence-electron chi connectivity index (χ0n) is 9.27. The Morgan fingerprint density at radius 1 is 1.31 bits per heavy atom. The molecular weight excluding hydrogens is 224 g/mol. The smallest absolute Gasteiger partial charge is 0.110 e. The molecule has 0 amide bonds. The molecule has 0 aliphatic heterocycles. The van der Waals surface area contributed by atoms with Gasteiger partial charge < -0.3 is 11.1 Å². The Balaban J connectivity index is 2.20. The molecule has 0 fully saturated rings. The molecule has 1 rings (SSSR count). The van der Waals surface area contributed by atoms with Crippen LogP contribution in [0.1, 0.15) is 5.56 Å². The number of rotatable bonds is 7. The van der Waals surface area contributed by atoms with E-state index in [0.717, 1.165) is 6.54 Å². The van der Waals surface area contributed by atoms with Crippen LogP contribution in [0.4, 0.5) is 0 Å². The average Bonchev–Trinajstić information content (AvgIpc) is 2.30. The molecular formula is C11H19ClN4. The number of nitrogens with one attached hydrogen (secondary N) is 1. The summed E-state index contributed by atoms with van der Waals surface area (Å²) in [6.45, 7) is 2.53. The maximum atomic E-state index is 6.06. The first-order valence-corrected chi connectivity index (χ1v) is 5.78. The molecule has 0 bridgehead atoms. The van der Waals surface area contributed by atoms with Gasteiger partial charge in [0.1, 0.15) is 5.50 Å². The predicted molar refractivity (Wildman–Crippen MR) is 67.7 cm³/mol. The summed E-state index contributed by atoms with van der Waals surface area (Å²) >= 11 is 6.06. The summed E-state index contributed by atoms with van der Waals surface area (Å²) in [5.41, 5.74) is 6.39. The third kappa shape index (κ3) is 4.92. The highest BCUT2D eigenvalue weighted by atomic mass is 35.5. The third-order valence-electron chi connectivity index (χ3n) is 2.23. The highest BCUT2D eigenvalue weighted by Gasteiger charge is 2.09. The Bertz CT molecular complexity index is 281. The van der Waals surface area contributed by atoms with Crippen LogP contribution in [0.5, 0.6) is 0 Å². The van der Waals surface area contributed by atoms with Crippen molar-refractivity contribution in [3.05, 3.63) is 35.9 Å². The Morgan fingerprint density at radius 3 is 2.62 bits per heavy atom. The van der Waals surface area contributed by atoms with E-state index in [1.165, 1.54) is 5.56 Å². The Kier molecular flexibility index (Phi) is 6.37. The summed E-state index contributed by atoms with van der Waals surface area (Å²) in [6, 6.07) is 10.2. The second-order valence-corrected chi connectivity index (χ2v) is 4.08. The molecule has 5 N–H and O–H groups in total. The fourth-order valence-corrected chi connectivity index (χ4v) is 1.54. The van der Waals surface area contributed by atoms with E-state index in [1.54, 1.807) is 5.01 Å². The summed E-state index contributed by atoms with van der Waals surface area (Å²) in [5, 5.41) is 4.79. The van der Waals surface area contributed by atoms with Gasteiger partial charge in [-0.2, -0.15) is 0 Å². The molecule has 5 heteroatoms. The summed E-state index contributed by atoms with van der Waals surface area (Å²) < 4.78 is 0. The van der Waals surface area contributed by atoms with Crippen molar-refractivity contribution in [1.82, 2.24) is 10.3 Å². The van der Waals surface area contributed by atoms with E-state index in [1.807, 2.05) is 18.2 Å². The fraction of sp³-hybridized carbons (Fsp3) is 0.455. The Hall–Kier alpha value is -0.650. The molecule has 4 nitrogen and oxygen atoms in total. The normalized spacial score (nSPS) is 13.0. The molecule has 0 saturated heterocycles. The van der Waals surface area contributed by atoms with Crippen molar-refractivity contribution in [1.29, 1.82) is 0 Å². The molecule has 0 heterocycles. The number of nitrogens with zero attached hydrogens (tertiary/aromatic N) is 1. The molecule has 0 aromatic heterocycles. The van der Waals surface area contributed by atoms with Crippen LogP contribution in [0.25, 0.3) is 0 Å². The third-order valence-corrected chi connectivity index (χ3v) is 2.64. The number of hydrogen-bond donors (Lipinski definition) is 3. The van der Waals surface area contributed by atoms with Crippen LogP contribution in [0.3, 0.4) is 0 Å². The van der Waals surface area contributed by atoms with E-state index < -0.39 is 0 Å². The van der Waals surface area contributed by atoms with Crippen molar-refractivity contribution in [2.75, 3.05) is 19.6 Å². The lowest BCUT2D eigenvalue weighted by Gasteiger charge is -2.21. The fourth-order valence-electron chi connectivity index (χ4n) is 1.34. The lowest BCUT2D eigenvalue weighted by atomic mass is 10.2. The molecule has 16 heavy (non-hydrogen) atoms. The van der Waals surface area contributed by atoms with Crippen molar-refractivity contribution in [2.45, 2.75) is 12.0 Å². The van der Waals surface area contributed by atoms with Crippen molar-refractivity contribution in [2.24, 2.45) is 11.6 Å². The minimum atomic E-state index is -0.229. The van der Waals surface area contributed by atoms with E-state index in [2.05, 4.69) is 17.4 Å². The molecule has 0 saturated carbocycles. The van der Waals surface area contributed by atoms with Gasteiger partial charge in [-0.15, -0.1) is 11.6 Å². The minimum Gasteiger partial charge on any atom is -0.329 e. The van der Waals surface area contributed by atoms with Crippen LogP contribution < -0.4 is 16.9 Å². The minimum absolute atomic E-state index is 0.229. The monoisotopic (exact) mass is 242 g/mol. The Labute approximate surface area is 102 Å². The molecule has 1 aromatic carbocycles. The summed E-state index contributed by atoms with van der Waals surface area (Å²) in [7, 11) is 0. The lowest BCUT2D eigenvalue weighted by molar-refractivity contribution is 0.260. The van der Waals surface area contributed by atoms with Crippen LogP contribution in [0.2, 0.25) is 0 Å². The highest BCUT2D eigenvalue weighted by Crippen LogP contribution is 2.00. The number of halogens is 1. The van der Waals surface area contributed by atoms with Gasteiger partial charge in [0, 0.05) is 26.2 Å². The van der Waals surface area contributed by atoms with Gasteiger partial charge in [0.05, 0.1) is 0 Å². The van der Waals surface area contributed by atoms with Crippen molar-refractivity contribution < 1.29 is 0 Å². The molecule has 1 atom stereocenters. The summed E-state index contributed by atoms with van der Waals surface area (Å²) in [6.07, 6.45) is 0. The van der Waals surface area contributed by atoms with Gasteiger partial charge in [0.25, 0.3) is 0 Å². The highest BCUT2D eigenvalue weighted by molar-refractivity contribution is 6.20. The number of hydrogen-bond acceptors (Lipinski definition) is 4. The van der Waals surface area contributed by atoms with Crippen LogP contribution in [0.15, 0.2) is 30.3 Å². The van der Waals surface area contributed by atoms with Gasteiger partial charge in [-0.1, -0.05) is 30.3 Å². The molecule has 0 radical (unpaired) electrons. The van der Waals surface area contributed by atoms with Gasteiger partial charge >= 0.3 is 0 Å². The molecule has 1 unspecified atom stereocenters. The van der Waals surface area contributed by atoms with Gasteiger partial charge in [-0.25, -0.2) is 5.01 Å². The van der Waals surface area contributed by atoms with E-state index in [9.17, 15) is 0 Å². The number of nitrogens with two attached hydrogens (primary N) is 2. The zero-order chi connectivity index (χ0) is 11.8. The summed E-state index contributed by atoms with van der Waals surface area (Å²) in [5.74, 6) is 5.69. The molecule has 90 valence electrons. The topological polar surface area (TPSA) is 67.3 Å². The van der Waals surface area contributed by atoms with Crippen LogP contribution in [-0.4, -0.2) is 30.1 Å². The van der Waals surface area contributed by atoms with E-state index >= 15 is 0 Å². The second kappa shape index (κ2) is 7.60. The van der Waals surface area contributed by atoms with E-state index in [0.29, 0.717) is 19.6 Å². The maximum absolute atomic E-state index is 6.06. The number of alkyl halides is 1. The number of benzene rings is 1. The average molecular weight is 243 g/mol. The quantitative estimate of drug-likeness (QED) is 0.282. The summed E-state index contributed by atoms with van der Waals surface area (Å²) in [4.78, 5) is 0.